The van der Waals surface area contributed by atoms with Gasteiger partial charge in [-0.25, -0.2) is 4.98 Å². The fourth-order valence-electron chi connectivity index (χ4n) is 2.83. The van der Waals surface area contributed by atoms with E-state index in [-0.39, 0.29) is 12.5 Å². The molecule has 0 saturated carbocycles. The summed E-state index contributed by atoms with van der Waals surface area (Å²) >= 11 is 1.36. The number of likely N-dealkylation sites (tertiary alicyclic amines) is 1. The molecule has 2 N–H and O–H groups in total. The SMILES string of the molecule is Cc1ccc(-c2csc(NC(=O)CN3CCC[C@@H]3C(=O)O)n2)cc1. The van der Waals surface area contributed by atoms with Crippen LogP contribution in [0.2, 0.25) is 0 Å². The molecule has 6 nitrogen and oxygen atoms in total. The summed E-state index contributed by atoms with van der Waals surface area (Å²) in [5.74, 6) is -1.09. The molecular weight excluding hydrogens is 326 g/mol. The van der Waals surface area contributed by atoms with Crippen LogP contribution in [0.25, 0.3) is 11.3 Å². The second kappa shape index (κ2) is 7.11. The van der Waals surface area contributed by atoms with Gasteiger partial charge >= 0.3 is 5.97 Å². The Hall–Kier alpha value is -2.25. The van der Waals surface area contributed by atoms with Crippen LogP contribution in [-0.2, 0) is 9.59 Å². The molecule has 2 heterocycles. The van der Waals surface area contributed by atoms with Crippen LogP contribution in [0.3, 0.4) is 0 Å². The van der Waals surface area contributed by atoms with Gasteiger partial charge in [-0.2, -0.15) is 0 Å². The number of rotatable bonds is 5. The molecular formula is C17H19N3O3S. The number of nitrogens with zero attached hydrogens (tertiary/aromatic N) is 2. The molecule has 0 spiro atoms. The van der Waals surface area contributed by atoms with E-state index in [9.17, 15) is 9.59 Å². The van der Waals surface area contributed by atoms with E-state index in [1.807, 2.05) is 36.6 Å². The minimum Gasteiger partial charge on any atom is -0.480 e. The van der Waals surface area contributed by atoms with E-state index in [4.69, 9.17) is 5.11 Å². The predicted molar refractivity (Wildman–Crippen MR) is 93.1 cm³/mol. The summed E-state index contributed by atoms with van der Waals surface area (Å²) in [4.78, 5) is 29.4. The van der Waals surface area contributed by atoms with Crippen molar-refractivity contribution in [1.29, 1.82) is 0 Å². The van der Waals surface area contributed by atoms with Crippen LogP contribution in [0.4, 0.5) is 5.13 Å². The van der Waals surface area contributed by atoms with E-state index in [1.54, 1.807) is 4.90 Å². The average Bonchev–Trinajstić information content (AvgIpc) is 3.17. The van der Waals surface area contributed by atoms with E-state index >= 15 is 0 Å². The van der Waals surface area contributed by atoms with Gasteiger partial charge in [-0.1, -0.05) is 29.8 Å². The first kappa shape index (κ1) is 16.6. The van der Waals surface area contributed by atoms with Crippen molar-refractivity contribution in [3.8, 4) is 11.3 Å². The van der Waals surface area contributed by atoms with Crippen LogP contribution < -0.4 is 5.32 Å². The van der Waals surface area contributed by atoms with Gasteiger partial charge in [0.05, 0.1) is 12.2 Å². The lowest BCUT2D eigenvalue weighted by Gasteiger charge is -2.19. The van der Waals surface area contributed by atoms with Gasteiger partial charge < -0.3 is 10.4 Å². The van der Waals surface area contributed by atoms with Crippen molar-refractivity contribution in [3.63, 3.8) is 0 Å². The van der Waals surface area contributed by atoms with Crippen molar-refractivity contribution < 1.29 is 14.7 Å². The molecule has 1 aromatic carbocycles. The van der Waals surface area contributed by atoms with E-state index in [2.05, 4.69) is 10.3 Å². The molecule has 1 aromatic heterocycles. The lowest BCUT2D eigenvalue weighted by molar-refractivity contribution is -0.142. The Labute approximate surface area is 144 Å². The van der Waals surface area contributed by atoms with Crippen LogP contribution >= 0.6 is 11.3 Å². The first-order valence-electron chi connectivity index (χ1n) is 7.82. The van der Waals surface area contributed by atoms with E-state index in [0.717, 1.165) is 17.7 Å². The Bertz CT molecular complexity index is 742. The smallest absolute Gasteiger partial charge is 0.320 e. The Kier molecular flexibility index (Phi) is 4.92. The summed E-state index contributed by atoms with van der Waals surface area (Å²) in [6.07, 6.45) is 1.40. The van der Waals surface area contributed by atoms with Crippen molar-refractivity contribution in [2.45, 2.75) is 25.8 Å². The number of aryl methyl sites for hydroxylation is 1. The topological polar surface area (TPSA) is 82.5 Å². The molecule has 2 aromatic rings. The second-order valence-electron chi connectivity index (χ2n) is 5.92. The van der Waals surface area contributed by atoms with Crippen LogP contribution in [-0.4, -0.2) is 46.0 Å². The van der Waals surface area contributed by atoms with Crippen LogP contribution in [0, 0.1) is 6.92 Å². The molecule has 1 atom stereocenters. The number of aliphatic carboxylic acids is 1. The number of aromatic nitrogens is 1. The number of carbonyl (C=O) groups is 2. The molecule has 7 heteroatoms. The Balaban J connectivity index is 1.61. The normalized spacial score (nSPS) is 17.8. The molecule has 1 amide bonds. The van der Waals surface area contributed by atoms with Gasteiger partial charge in [0.1, 0.15) is 6.04 Å². The number of anilines is 1. The third-order valence-corrected chi connectivity index (χ3v) is 4.85. The Morgan fingerprint density at radius 2 is 2.12 bits per heavy atom. The van der Waals surface area contributed by atoms with Crippen molar-refractivity contribution in [1.82, 2.24) is 9.88 Å². The molecule has 1 saturated heterocycles. The molecule has 0 aliphatic carbocycles. The quantitative estimate of drug-likeness (QED) is 0.870. The number of thiazole rings is 1. The van der Waals surface area contributed by atoms with Gasteiger partial charge in [-0.15, -0.1) is 11.3 Å². The number of amides is 1. The fourth-order valence-corrected chi connectivity index (χ4v) is 3.56. The number of carbonyl (C=O) groups excluding carboxylic acids is 1. The molecule has 1 aliphatic rings. The highest BCUT2D eigenvalue weighted by atomic mass is 32.1. The highest BCUT2D eigenvalue weighted by molar-refractivity contribution is 7.14. The first-order chi connectivity index (χ1) is 11.5. The van der Waals surface area contributed by atoms with Gasteiger partial charge in [0, 0.05) is 10.9 Å². The van der Waals surface area contributed by atoms with Gasteiger partial charge in [0.25, 0.3) is 0 Å². The molecule has 0 unspecified atom stereocenters. The maximum Gasteiger partial charge on any atom is 0.320 e. The molecule has 126 valence electrons. The highest BCUT2D eigenvalue weighted by Gasteiger charge is 2.31. The maximum absolute atomic E-state index is 12.1. The van der Waals surface area contributed by atoms with Gasteiger partial charge in [-0.3, -0.25) is 14.5 Å². The van der Waals surface area contributed by atoms with Crippen LogP contribution in [0.5, 0.6) is 0 Å². The third kappa shape index (κ3) is 3.80. The van der Waals surface area contributed by atoms with Crippen molar-refractivity contribution >= 4 is 28.3 Å². The number of carboxylic acid groups (broad SMARTS) is 1. The third-order valence-electron chi connectivity index (χ3n) is 4.09. The van der Waals surface area contributed by atoms with Gasteiger partial charge in [0.2, 0.25) is 5.91 Å². The van der Waals surface area contributed by atoms with Crippen LogP contribution in [0.15, 0.2) is 29.6 Å². The number of nitrogens with one attached hydrogen (secondary N) is 1. The summed E-state index contributed by atoms with van der Waals surface area (Å²) in [7, 11) is 0. The maximum atomic E-state index is 12.1. The predicted octanol–water partition coefficient (Wildman–Crippen LogP) is 2.61. The molecule has 1 fully saturated rings. The van der Waals surface area contributed by atoms with Crippen LogP contribution in [0.1, 0.15) is 18.4 Å². The van der Waals surface area contributed by atoms with Crippen molar-refractivity contribution in [3.05, 3.63) is 35.2 Å². The molecule has 1 aliphatic heterocycles. The fraction of sp³-hybridized carbons (Fsp3) is 0.353. The standard InChI is InChI=1S/C17H19N3O3S/c1-11-4-6-12(7-5-11)13-10-24-17(18-13)19-15(21)9-20-8-2-3-14(20)16(22)23/h4-7,10,14H,2-3,8-9H2,1H3,(H,22,23)(H,18,19,21)/t14-/m1/s1. The zero-order valence-electron chi connectivity index (χ0n) is 13.4. The summed E-state index contributed by atoms with van der Waals surface area (Å²) in [5, 5.41) is 14.3. The lowest BCUT2D eigenvalue weighted by atomic mass is 10.1. The van der Waals surface area contributed by atoms with E-state index < -0.39 is 12.0 Å². The number of carboxylic acids is 1. The summed E-state index contributed by atoms with van der Waals surface area (Å²) in [6.45, 7) is 2.74. The van der Waals surface area contributed by atoms with E-state index in [1.165, 1.54) is 16.9 Å². The van der Waals surface area contributed by atoms with E-state index in [0.29, 0.717) is 18.1 Å². The molecule has 24 heavy (non-hydrogen) atoms. The zero-order chi connectivity index (χ0) is 17.1. The number of hydrogen-bond donors (Lipinski definition) is 2. The van der Waals surface area contributed by atoms with Crippen molar-refractivity contribution in [2.75, 3.05) is 18.4 Å². The Morgan fingerprint density at radius 3 is 2.83 bits per heavy atom. The summed E-state index contributed by atoms with van der Waals surface area (Å²) in [5.41, 5.74) is 3.00. The first-order valence-corrected chi connectivity index (χ1v) is 8.70. The molecule has 3 rings (SSSR count). The molecule has 0 radical (unpaired) electrons. The van der Waals surface area contributed by atoms with Crippen molar-refractivity contribution in [2.24, 2.45) is 0 Å². The van der Waals surface area contributed by atoms with Gasteiger partial charge in [-0.05, 0) is 26.3 Å². The zero-order valence-corrected chi connectivity index (χ0v) is 14.2. The largest absolute Gasteiger partial charge is 0.480 e. The second-order valence-corrected chi connectivity index (χ2v) is 6.78. The summed E-state index contributed by atoms with van der Waals surface area (Å²) in [6, 6.07) is 7.48. The van der Waals surface area contributed by atoms with Gasteiger partial charge in [0.15, 0.2) is 5.13 Å². The highest BCUT2D eigenvalue weighted by Crippen LogP contribution is 2.25. The molecule has 0 bridgehead atoms. The lowest BCUT2D eigenvalue weighted by Crippen LogP contribution is -2.40. The minimum atomic E-state index is -0.865. The average molecular weight is 345 g/mol. The minimum absolute atomic E-state index is 0.0798. The number of hydrogen-bond acceptors (Lipinski definition) is 5. The number of benzene rings is 1. The monoisotopic (exact) mass is 345 g/mol. The Morgan fingerprint density at radius 1 is 1.38 bits per heavy atom. The summed E-state index contributed by atoms with van der Waals surface area (Å²) < 4.78 is 0.